The second-order valence-electron chi connectivity index (χ2n) is 3.87. The van der Waals surface area contributed by atoms with Gasteiger partial charge in [0.05, 0.1) is 11.9 Å². The molecule has 2 aromatic rings. The first-order chi connectivity index (χ1) is 8.42. The van der Waals surface area contributed by atoms with Gasteiger partial charge < -0.3 is 5.11 Å². The first-order valence-corrected chi connectivity index (χ1v) is 6.69. The standard InChI is InChI=1S/C11H13N3O3S/c1-8-4-3-5-9(11(8)15)13-18(16,17)10-6-7-12-14(10)2/h3-7,13,15H,1-2H3. The monoisotopic (exact) mass is 267 g/mol. The fourth-order valence-corrected chi connectivity index (χ4v) is 2.76. The van der Waals surface area contributed by atoms with E-state index in [1.165, 1.54) is 30.1 Å². The topological polar surface area (TPSA) is 84.2 Å². The minimum Gasteiger partial charge on any atom is -0.505 e. The molecule has 0 saturated carbocycles. The Balaban J connectivity index is 2.40. The lowest BCUT2D eigenvalue weighted by Crippen LogP contribution is -2.16. The van der Waals surface area contributed by atoms with Crippen LogP contribution in [0.3, 0.4) is 0 Å². The van der Waals surface area contributed by atoms with Crippen molar-refractivity contribution in [3.8, 4) is 5.75 Å². The largest absolute Gasteiger partial charge is 0.505 e. The zero-order valence-corrected chi connectivity index (χ0v) is 10.8. The molecule has 0 saturated heterocycles. The molecular weight excluding hydrogens is 254 g/mol. The molecule has 0 unspecified atom stereocenters. The Hall–Kier alpha value is -2.02. The SMILES string of the molecule is Cc1cccc(NS(=O)(=O)c2ccnn2C)c1O. The minimum atomic E-state index is -3.75. The summed E-state index contributed by atoms with van der Waals surface area (Å²) in [5.41, 5.74) is 0.747. The number of benzene rings is 1. The number of hydrogen-bond acceptors (Lipinski definition) is 4. The smallest absolute Gasteiger partial charge is 0.279 e. The lowest BCUT2D eigenvalue weighted by atomic mass is 10.2. The Labute approximate surface area is 105 Å². The maximum absolute atomic E-state index is 12.1. The summed E-state index contributed by atoms with van der Waals surface area (Å²) in [6.45, 7) is 1.69. The van der Waals surface area contributed by atoms with Crippen molar-refractivity contribution in [2.45, 2.75) is 11.9 Å². The second-order valence-corrected chi connectivity index (χ2v) is 5.50. The van der Waals surface area contributed by atoms with Crippen LogP contribution in [-0.2, 0) is 17.1 Å². The number of sulfonamides is 1. The van der Waals surface area contributed by atoms with Crippen molar-refractivity contribution in [2.24, 2.45) is 7.05 Å². The zero-order valence-electron chi connectivity index (χ0n) is 9.95. The van der Waals surface area contributed by atoms with Crippen molar-refractivity contribution in [3.05, 3.63) is 36.0 Å². The van der Waals surface area contributed by atoms with Crippen molar-refractivity contribution in [3.63, 3.8) is 0 Å². The Morgan fingerprint density at radius 3 is 2.67 bits per heavy atom. The molecule has 0 atom stereocenters. The Bertz CT molecular complexity index is 677. The van der Waals surface area contributed by atoms with Crippen LogP contribution in [0.4, 0.5) is 5.69 Å². The van der Waals surface area contributed by atoms with Crippen LogP contribution in [0.15, 0.2) is 35.5 Å². The lowest BCUT2D eigenvalue weighted by Gasteiger charge is -2.10. The number of hydrogen-bond donors (Lipinski definition) is 2. The van der Waals surface area contributed by atoms with Gasteiger partial charge in [-0.2, -0.15) is 13.5 Å². The summed E-state index contributed by atoms with van der Waals surface area (Å²) in [5, 5.41) is 13.6. The molecule has 1 heterocycles. The Morgan fingerprint density at radius 2 is 2.06 bits per heavy atom. The number of rotatable bonds is 3. The summed E-state index contributed by atoms with van der Waals surface area (Å²) in [7, 11) is -2.22. The van der Waals surface area contributed by atoms with Crippen LogP contribution in [0.1, 0.15) is 5.56 Å². The summed E-state index contributed by atoms with van der Waals surface area (Å²) in [6, 6.07) is 6.23. The molecule has 1 aromatic heterocycles. The molecular formula is C11H13N3O3S. The molecule has 1 aromatic carbocycles. The highest BCUT2D eigenvalue weighted by Crippen LogP contribution is 2.28. The number of nitrogens with zero attached hydrogens (tertiary/aromatic N) is 2. The number of aromatic hydroxyl groups is 1. The molecule has 0 spiro atoms. The maximum atomic E-state index is 12.1. The van der Waals surface area contributed by atoms with Crippen molar-refractivity contribution >= 4 is 15.7 Å². The number of aromatic nitrogens is 2. The molecule has 0 radical (unpaired) electrons. The fourth-order valence-electron chi connectivity index (χ4n) is 1.56. The number of aryl methyl sites for hydroxylation is 2. The third-order valence-corrected chi connectivity index (χ3v) is 3.97. The van der Waals surface area contributed by atoms with Gasteiger partial charge in [-0.3, -0.25) is 9.40 Å². The molecule has 96 valence electrons. The van der Waals surface area contributed by atoms with Gasteiger partial charge in [-0.15, -0.1) is 0 Å². The molecule has 0 aliphatic rings. The molecule has 18 heavy (non-hydrogen) atoms. The summed E-state index contributed by atoms with van der Waals surface area (Å²) in [5.74, 6) is -0.0803. The van der Waals surface area contributed by atoms with Crippen LogP contribution in [0.5, 0.6) is 5.75 Å². The first-order valence-electron chi connectivity index (χ1n) is 5.21. The first kappa shape index (κ1) is 12.4. The normalized spacial score (nSPS) is 11.4. The van der Waals surface area contributed by atoms with E-state index in [2.05, 4.69) is 9.82 Å². The van der Waals surface area contributed by atoms with E-state index in [4.69, 9.17) is 0 Å². The van der Waals surface area contributed by atoms with Gasteiger partial charge in [0, 0.05) is 7.05 Å². The molecule has 0 fully saturated rings. The van der Waals surface area contributed by atoms with Gasteiger partial charge in [-0.25, -0.2) is 0 Å². The quantitative estimate of drug-likeness (QED) is 0.819. The average Bonchev–Trinajstić information content (AvgIpc) is 2.72. The number of para-hydroxylation sites is 1. The van der Waals surface area contributed by atoms with Gasteiger partial charge in [-0.05, 0) is 24.6 Å². The Morgan fingerprint density at radius 1 is 1.33 bits per heavy atom. The average molecular weight is 267 g/mol. The van der Waals surface area contributed by atoms with Crippen LogP contribution in [0.25, 0.3) is 0 Å². The molecule has 0 aliphatic heterocycles. The van der Waals surface area contributed by atoms with Crippen molar-refractivity contribution in [2.75, 3.05) is 4.72 Å². The van der Waals surface area contributed by atoms with Crippen molar-refractivity contribution in [1.82, 2.24) is 9.78 Å². The zero-order chi connectivity index (χ0) is 13.3. The molecule has 2 N–H and O–H groups in total. The molecule has 0 amide bonds. The van der Waals surface area contributed by atoms with Crippen molar-refractivity contribution < 1.29 is 13.5 Å². The molecule has 6 nitrogen and oxygen atoms in total. The lowest BCUT2D eigenvalue weighted by molar-refractivity contribution is 0.473. The maximum Gasteiger partial charge on any atom is 0.279 e. The Kier molecular flexibility index (Phi) is 3.00. The molecule has 0 aliphatic carbocycles. The summed E-state index contributed by atoms with van der Waals surface area (Å²) >= 11 is 0. The van der Waals surface area contributed by atoms with Gasteiger partial charge >= 0.3 is 0 Å². The van der Waals surface area contributed by atoms with E-state index in [0.717, 1.165) is 0 Å². The van der Waals surface area contributed by atoms with Crippen LogP contribution < -0.4 is 4.72 Å². The predicted molar refractivity (Wildman–Crippen MR) is 66.9 cm³/mol. The highest BCUT2D eigenvalue weighted by atomic mass is 32.2. The minimum absolute atomic E-state index is 0.0309. The third-order valence-electron chi connectivity index (χ3n) is 2.53. The van der Waals surface area contributed by atoms with Gasteiger partial charge in [-0.1, -0.05) is 12.1 Å². The highest BCUT2D eigenvalue weighted by Gasteiger charge is 2.19. The van der Waals surface area contributed by atoms with E-state index >= 15 is 0 Å². The van der Waals surface area contributed by atoms with Crippen LogP contribution in [0, 0.1) is 6.92 Å². The van der Waals surface area contributed by atoms with Gasteiger partial charge in [0.2, 0.25) is 0 Å². The van der Waals surface area contributed by atoms with Crippen LogP contribution in [-0.4, -0.2) is 23.3 Å². The highest BCUT2D eigenvalue weighted by molar-refractivity contribution is 7.92. The van der Waals surface area contributed by atoms with E-state index < -0.39 is 10.0 Å². The van der Waals surface area contributed by atoms with E-state index in [1.54, 1.807) is 19.1 Å². The molecule has 7 heteroatoms. The van der Waals surface area contributed by atoms with E-state index in [1.807, 2.05) is 0 Å². The summed E-state index contributed by atoms with van der Waals surface area (Å²) in [4.78, 5) is 0. The van der Waals surface area contributed by atoms with E-state index in [0.29, 0.717) is 5.56 Å². The fraction of sp³-hybridized carbons (Fsp3) is 0.182. The number of anilines is 1. The van der Waals surface area contributed by atoms with E-state index in [-0.39, 0.29) is 16.5 Å². The van der Waals surface area contributed by atoms with E-state index in [9.17, 15) is 13.5 Å². The second kappa shape index (κ2) is 4.34. The van der Waals surface area contributed by atoms with Crippen LogP contribution in [0.2, 0.25) is 0 Å². The molecule has 2 rings (SSSR count). The summed E-state index contributed by atoms with van der Waals surface area (Å²) < 4.78 is 27.7. The number of nitrogens with one attached hydrogen (secondary N) is 1. The molecule has 0 bridgehead atoms. The third kappa shape index (κ3) is 2.17. The predicted octanol–water partition coefficient (Wildman–Crippen LogP) is 1.23. The van der Waals surface area contributed by atoms with Crippen LogP contribution >= 0.6 is 0 Å². The van der Waals surface area contributed by atoms with Gasteiger partial charge in [0.1, 0.15) is 5.75 Å². The number of phenols is 1. The van der Waals surface area contributed by atoms with Gasteiger partial charge in [0.15, 0.2) is 5.03 Å². The summed E-state index contributed by atoms with van der Waals surface area (Å²) in [6.07, 6.45) is 1.39. The van der Waals surface area contributed by atoms with Crippen molar-refractivity contribution in [1.29, 1.82) is 0 Å². The number of phenolic OH excluding ortho intramolecular Hbond substituents is 1. The van der Waals surface area contributed by atoms with Gasteiger partial charge in [0.25, 0.3) is 10.0 Å².